The Balaban J connectivity index is 2.91. The van der Waals surface area contributed by atoms with Gasteiger partial charge < -0.3 is 10.4 Å². The maximum absolute atomic E-state index is 12.2. The molecule has 0 fully saturated rings. The lowest BCUT2D eigenvalue weighted by atomic mass is 10.1. The highest BCUT2D eigenvalue weighted by Gasteiger charge is 2.18. The second-order valence-corrected chi connectivity index (χ2v) is 7.16. The maximum atomic E-state index is 12.2. The van der Waals surface area contributed by atoms with Crippen molar-refractivity contribution in [3.8, 4) is 0 Å². The number of carbonyl (C=O) groups is 2. The van der Waals surface area contributed by atoms with Crippen molar-refractivity contribution in [2.24, 2.45) is 5.92 Å². The first-order valence-corrected chi connectivity index (χ1v) is 8.76. The van der Waals surface area contributed by atoms with E-state index in [0.29, 0.717) is 5.56 Å². The minimum Gasteiger partial charge on any atom is -0.481 e. The molecule has 0 heterocycles. The van der Waals surface area contributed by atoms with E-state index in [2.05, 4.69) is 10.0 Å². The molecule has 1 rings (SSSR count). The molecule has 23 heavy (non-hydrogen) atoms. The third kappa shape index (κ3) is 5.65. The molecule has 0 aliphatic rings. The number of carbonyl (C=O) groups excluding carboxylic acids is 1. The van der Waals surface area contributed by atoms with Gasteiger partial charge in [-0.3, -0.25) is 9.59 Å². The van der Waals surface area contributed by atoms with Crippen LogP contribution in [0, 0.1) is 12.8 Å². The van der Waals surface area contributed by atoms with Gasteiger partial charge in [0.1, 0.15) is 0 Å². The SMILES string of the molecule is CCNS(=O)(=O)c1ccc(C)c(C(=O)NCC(C)CC(=O)O)c1. The molecule has 0 saturated heterocycles. The highest BCUT2D eigenvalue weighted by molar-refractivity contribution is 7.89. The monoisotopic (exact) mass is 342 g/mol. The Labute approximate surface area is 136 Å². The van der Waals surface area contributed by atoms with Crippen LogP contribution in [-0.4, -0.2) is 38.5 Å². The van der Waals surface area contributed by atoms with E-state index in [9.17, 15) is 18.0 Å². The van der Waals surface area contributed by atoms with Crippen LogP contribution in [0.1, 0.15) is 36.2 Å². The Morgan fingerprint density at radius 2 is 1.96 bits per heavy atom. The molecular weight excluding hydrogens is 320 g/mol. The first-order valence-electron chi connectivity index (χ1n) is 7.27. The highest BCUT2D eigenvalue weighted by atomic mass is 32.2. The van der Waals surface area contributed by atoms with Gasteiger partial charge in [0.15, 0.2) is 0 Å². The van der Waals surface area contributed by atoms with E-state index in [1.54, 1.807) is 26.8 Å². The summed E-state index contributed by atoms with van der Waals surface area (Å²) in [6, 6.07) is 4.33. The summed E-state index contributed by atoms with van der Waals surface area (Å²) in [5, 5.41) is 11.3. The summed E-state index contributed by atoms with van der Waals surface area (Å²) in [5.41, 5.74) is 0.898. The quantitative estimate of drug-likeness (QED) is 0.655. The molecule has 0 aliphatic carbocycles. The summed E-state index contributed by atoms with van der Waals surface area (Å²) < 4.78 is 26.4. The van der Waals surface area contributed by atoms with E-state index in [0.717, 1.165) is 0 Å². The lowest BCUT2D eigenvalue weighted by Gasteiger charge is -2.13. The number of aliphatic carboxylic acids is 1. The molecule has 0 aromatic heterocycles. The van der Waals surface area contributed by atoms with Crippen molar-refractivity contribution in [2.45, 2.75) is 32.1 Å². The standard InChI is InChI=1S/C15H22N2O5S/c1-4-17-23(21,22)12-6-5-11(3)13(8-12)15(20)16-9-10(2)7-14(18)19/h5-6,8,10,17H,4,7,9H2,1-3H3,(H,16,20)(H,18,19). The average molecular weight is 342 g/mol. The normalized spacial score (nSPS) is 12.7. The fourth-order valence-electron chi connectivity index (χ4n) is 2.02. The third-order valence-electron chi connectivity index (χ3n) is 3.23. The van der Waals surface area contributed by atoms with Crippen molar-refractivity contribution >= 4 is 21.9 Å². The first-order chi connectivity index (χ1) is 10.7. The Bertz CT molecular complexity index is 685. The molecule has 0 saturated carbocycles. The summed E-state index contributed by atoms with van der Waals surface area (Å²) in [7, 11) is -3.64. The van der Waals surface area contributed by atoms with Crippen LogP contribution >= 0.6 is 0 Å². The second-order valence-electron chi connectivity index (χ2n) is 5.39. The zero-order valence-electron chi connectivity index (χ0n) is 13.4. The first kappa shape index (κ1) is 19.1. The van der Waals surface area contributed by atoms with Crippen molar-refractivity contribution < 1.29 is 23.1 Å². The van der Waals surface area contributed by atoms with Gasteiger partial charge in [0.05, 0.1) is 4.90 Å². The zero-order valence-corrected chi connectivity index (χ0v) is 14.2. The number of aryl methyl sites for hydroxylation is 1. The van der Waals surface area contributed by atoms with Crippen LogP contribution in [0.25, 0.3) is 0 Å². The molecule has 1 amide bonds. The molecule has 128 valence electrons. The fraction of sp³-hybridized carbons (Fsp3) is 0.467. The van der Waals surface area contributed by atoms with Gasteiger partial charge in [0, 0.05) is 25.1 Å². The Hall–Kier alpha value is -1.93. The number of amides is 1. The molecule has 0 bridgehead atoms. The van der Waals surface area contributed by atoms with Gasteiger partial charge in [-0.25, -0.2) is 13.1 Å². The summed E-state index contributed by atoms with van der Waals surface area (Å²) in [6.07, 6.45) is -0.0475. The van der Waals surface area contributed by atoms with Crippen molar-refractivity contribution in [3.05, 3.63) is 29.3 Å². The van der Waals surface area contributed by atoms with Crippen LogP contribution in [0.3, 0.4) is 0 Å². The van der Waals surface area contributed by atoms with Crippen molar-refractivity contribution in [3.63, 3.8) is 0 Å². The predicted molar refractivity (Wildman–Crippen MR) is 85.8 cm³/mol. The molecule has 1 aromatic rings. The number of rotatable bonds is 8. The van der Waals surface area contributed by atoms with Crippen LogP contribution in [0.15, 0.2) is 23.1 Å². The highest BCUT2D eigenvalue weighted by Crippen LogP contribution is 2.16. The van der Waals surface area contributed by atoms with E-state index in [1.165, 1.54) is 12.1 Å². The number of nitrogens with one attached hydrogen (secondary N) is 2. The molecule has 0 radical (unpaired) electrons. The fourth-order valence-corrected chi connectivity index (χ4v) is 3.09. The van der Waals surface area contributed by atoms with Gasteiger partial charge in [0.25, 0.3) is 5.91 Å². The minimum atomic E-state index is -3.64. The molecule has 0 spiro atoms. The maximum Gasteiger partial charge on any atom is 0.303 e. The number of benzene rings is 1. The van der Waals surface area contributed by atoms with E-state index in [4.69, 9.17) is 5.11 Å². The Kier molecular flexibility index (Phi) is 6.71. The van der Waals surface area contributed by atoms with E-state index in [-0.39, 0.29) is 35.9 Å². The molecule has 8 heteroatoms. The van der Waals surface area contributed by atoms with Crippen molar-refractivity contribution in [2.75, 3.05) is 13.1 Å². The van der Waals surface area contributed by atoms with Crippen LogP contribution in [0.4, 0.5) is 0 Å². The minimum absolute atomic E-state index is 0.0219. The van der Waals surface area contributed by atoms with Gasteiger partial charge in [-0.2, -0.15) is 0 Å². The van der Waals surface area contributed by atoms with E-state index < -0.39 is 21.9 Å². The van der Waals surface area contributed by atoms with Gasteiger partial charge in [-0.15, -0.1) is 0 Å². The summed E-state index contributed by atoms with van der Waals surface area (Å²) in [6.45, 7) is 5.55. The molecule has 1 atom stereocenters. The van der Waals surface area contributed by atoms with Crippen LogP contribution < -0.4 is 10.0 Å². The van der Waals surface area contributed by atoms with Crippen LogP contribution in [-0.2, 0) is 14.8 Å². The zero-order chi connectivity index (χ0) is 17.6. The van der Waals surface area contributed by atoms with Crippen LogP contribution in [0.5, 0.6) is 0 Å². The number of hydrogen-bond acceptors (Lipinski definition) is 4. The molecule has 3 N–H and O–H groups in total. The van der Waals surface area contributed by atoms with Gasteiger partial charge in [0.2, 0.25) is 10.0 Å². The van der Waals surface area contributed by atoms with Crippen LogP contribution in [0.2, 0.25) is 0 Å². The van der Waals surface area contributed by atoms with E-state index >= 15 is 0 Å². The smallest absolute Gasteiger partial charge is 0.303 e. The summed E-state index contributed by atoms with van der Waals surface area (Å²) >= 11 is 0. The number of carboxylic acids is 1. The van der Waals surface area contributed by atoms with Crippen molar-refractivity contribution in [1.29, 1.82) is 0 Å². The Morgan fingerprint density at radius 3 is 2.52 bits per heavy atom. The Morgan fingerprint density at radius 1 is 1.30 bits per heavy atom. The molecule has 1 unspecified atom stereocenters. The lowest BCUT2D eigenvalue weighted by molar-refractivity contribution is -0.137. The van der Waals surface area contributed by atoms with E-state index in [1.807, 2.05) is 0 Å². The van der Waals surface area contributed by atoms with Gasteiger partial charge in [-0.05, 0) is 30.5 Å². The average Bonchev–Trinajstić information content (AvgIpc) is 2.44. The van der Waals surface area contributed by atoms with Gasteiger partial charge in [-0.1, -0.05) is 19.9 Å². The van der Waals surface area contributed by atoms with Gasteiger partial charge >= 0.3 is 5.97 Å². The summed E-state index contributed by atoms with van der Waals surface area (Å²) in [4.78, 5) is 22.8. The largest absolute Gasteiger partial charge is 0.481 e. The predicted octanol–water partition coefficient (Wildman–Crippen LogP) is 1.13. The van der Waals surface area contributed by atoms with Crippen molar-refractivity contribution in [1.82, 2.24) is 10.0 Å². The summed E-state index contributed by atoms with van der Waals surface area (Å²) in [5.74, 6) is -1.57. The number of carboxylic acid groups (broad SMARTS) is 1. The molecule has 0 aliphatic heterocycles. The lowest BCUT2D eigenvalue weighted by Crippen LogP contribution is -2.30. The molecular formula is C15H22N2O5S. The topological polar surface area (TPSA) is 113 Å². The molecule has 1 aromatic carbocycles. The molecule has 7 nitrogen and oxygen atoms in total. The third-order valence-corrected chi connectivity index (χ3v) is 4.78. The number of sulfonamides is 1. The second kappa shape index (κ2) is 8.07. The number of hydrogen-bond donors (Lipinski definition) is 3.